The minimum atomic E-state index is 0.786. The highest BCUT2D eigenvalue weighted by molar-refractivity contribution is 5.36. The number of pyridine rings is 2. The van der Waals surface area contributed by atoms with E-state index in [0.29, 0.717) is 0 Å². The second-order valence-corrected chi connectivity index (χ2v) is 22.5. The molecule has 2 heterocycles. The summed E-state index contributed by atoms with van der Waals surface area (Å²) in [4.78, 5) is 10.3. The highest BCUT2D eigenvalue weighted by Gasteiger charge is 2.33. The maximum absolute atomic E-state index is 6.77. The highest BCUT2D eigenvalue weighted by Crippen LogP contribution is 2.45. The molecule has 0 N–H and O–H groups in total. The van der Waals surface area contributed by atoms with Crippen LogP contribution in [0.1, 0.15) is 269 Å². The molecule has 0 bridgehead atoms. The third-order valence-electron chi connectivity index (χ3n) is 17.7. The molecule has 4 saturated carbocycles. The van der Waals surface area contributed by atoms with Crippen molar-refractivity contribution in [2.75, 3.05) is 0 Å². The molecule has 4 aliphatic rings. The van der Waals surface area contributed by atoms with Crippen LogP contribution in [0.25, 0.3) is 0 Å². The van der Waals surface area contributed by atoms with E-state index in [1.165, 1.54) is 254 Å². The fourth-order valence-corrected chi connectivity index (χ4v) is 13.5. The van der Waals surface area contributed by atoms with Crippen LogP contribution in [0.2, 0.25) is 0 Å². The third-order valence-corrected chi connectivity index (χ3v) is 17.7. The van der Waals surface area contributed by atoms with Crippen LogP contribution in [-0.4, -0.2) is 9.97 Å². The van der Waals surface area contributed by atoms with E-state index in [1.807, 2.05) is 12.4 Å². The lowest BCUT2D eigenvalue weighted by Gasteiger charge is -2.38. The van der Waals surface area contributed by atoms with Crippen LogP contribution in [0.5, 0.6) is 11.5 Å². The van der Waals surface area contributed by atoms with Gasteiger partial charge in [0, 0.05) is 11.4 Å². The third kappa shape index (κ3) is 17.4. The van der Waals surface area contributed by atoms with Crippen LogP contribution < -0.4 is 4.74 Å². The molecule has 0 atom stereocenters. The molecule has 0 saturated heterocycles. The van der Waals surface area contributed by atoms with Gasteiger partial charge in [0.1, 0.15) is 11.5 Å². The normalized spacial score (nSPS) is 26.8. The lowest BCUT2D eigenvalue weighted by atomic mass is 9.68. The molecule has 0 aliphatic heterocycles. The summed E-state index contributed by atoms with van der Waals surface area (Å²) in [6, 6.07) is 4.78. The largest absolute Gasteiger partial charge is 0.454 e. The van der Waals surface area contributed by atoms with Crippen molar-refractivity contribution in [3.63, 3.8) is 0 Å². The van der Waals surface area contributed by atoms with Gasteiger partial charge in [-0.2, -0.15) is 0 Å². The fraction of sp³-hybridized carbons (Fsp3) is 0.833. The molecule has 0 radical (unpaired) electrons. The zero-order valence-electron chi connectivity index (χ0n) is 42.1. The van der Waals surface area contributed by atoms with Crippen molar-refractivity contribution in [2.45, 2.75) is 272 Å². The van der Waals surface area contributed by atoms with E-state index < -0.39 is 0 Å². The predicted molar refractivity (Wildman–Crippen MR) is 271 cm³/mol. The zero-order valence-corrected chi connectivity index (χ0v) is 42.1. The van der Waals surface area contributed by atoms with Crippen molar-refractivity contribution in [2.24, 2.45) is 47.3 Å². The molecule has 3 heteroatoms. The maximum Gasteiger partial charge on any atom is 0.146 e. The quantitative estimate of drug-likeness (QED) is 0.0800. The van der Waals surface area contributed by atoms with E-state index in [1.54, 1.807) is 0 Å². The average Bonchev–Trinajstić information content (AvgIpc) is 3.31. The number of hydrogen-bond donors (Lipinski definition) is 0. The molecule has 2 aromatic rings. The molecule has 0 amide bonds. The first kappa shape index (κ1) is 50.5. The van der Waals surface area contributed by atoms with E-state index in [0.717, 1.165) is 71.7 Å². The van der Waals surface area contributed by atoms with Gasteiger partial charge in [-0.3, -0.25) is 9.97 Å². The molecule has 356 valence electrons. The SMILES string of the molecule is CCCCCCCC1CCC(C2CCC(Cc3cc(Oc4cnc(CCCCC)c(CC5CCC(C6CCC(CCCCCCC)CC6)CC5)c4)cnc3CCCCC)CC2)CC1. The number of ether oxygens (including phenoxy) is 1. The van der Waals surface area contributed by atoms with Gasteiger partial charge in [-0.15, -0.1) is 0 Å². The molecule has 6 rings (SSSR count). The second-order valence-electron chi connectivity index (χ2n) is 22.5. The first-order valence-electron chi connectivity index (χ1n) is 28.7. The zero-order chi connectivity index (χ0) is 43.9. The summed E-state index contributed by atoms with van der Waals surface area (Å²) >= 11 is 0. The molecule has 4 fully saturated rings. The van der Waals surface area contributed by atoms with Gasteiger partial charge in [-0.05, 0) is 186 Å². The predicted octanol–water partition coefficient (Wildman–Crippen LogP) is 18.8. The van der Waals surface area contributed by atoms with Gasteiger partial charge in [0.2, 0.25) is 0 Å². The molecular formula is C60H100N2O. The minimum Gasteiger partial charge on any atom is -0.454 e. The van der Waals surface area contributed by atoms with Crippen molar-refractivity contribution in [1.82, 2.24) is 9.97 Å². The van der Waals surface area contributed by atoms with Crippen molar-refractivity contribution in [1.29, 1.82) is 0 Å². The maximum atomic E-state index is 6.77. The van der Waals surface area contributed by atoms with Crippen LogP contribution in [0.3, 0.4) is 0 Å². The monoisotopic (exact) mass is 865 g/mol. The van der Waals surface area contributed by atoms with Crippen LogP contribution in [0, 0.1) is 47.3 Å². The highest BCUT2D eigenvalue weighted by atomic mass is 16.5. The number of rotatable bonds is 28. The van der Waals surface area contributed by atoms with Gasteiger partial charge in [0.25, 0.3) is 0 Å². The van der Waals surface area contributed by atoms with Crippen LogP contribution in [-0.2, 0) is 25.7 Å². The Kier molecular flexibility index (Phi) is 23.2. The van der Waals surface area contributed by atoms with E-state index in [-0.39, 0.29) is 0 Å². The van der Waals surface area contributed by atoms with Crippen molar-refractivity contribution in [3.05, 3.63) is 47.0 Å². The Bertz CT molecular complexity index is 1370. The summed E-state index contributed by atoms with van der Waals surface area (Å²) in [5, 5.41) is 0. The minimum absolute atomic E-state index is 0.786. The van der Waals surface area contributed by atoms with Gasteiger partial charge in [0.15, 0.2) is 0 Å². The first-order chi connectivity index (χ1) is 31.0. The first-order valence-corrected chi connectivity index (χ1v) is 28.7. The number of hydrogen-bond acceptors (Lipinski definition) is 3. The summed E-state index contributed by atoms with van der Waals surface area (Å²) in [6.45, 7) is 9.29. The van der Waals surface area contributed by atoms with Crippen molar-refractivity contribution >= 4 is 0 Å². The second kappa shape index (κ2) is 29.0. The Balaban J connectivity index is 1.01. The summed E-state index contributed by atoms with van der Waals surface area (Å²) in [6.07, 6.45) is 57.0. The summed E-state index contributed by atoms with van der Waals surface area (Å²) in [7, 11) is 0. The summed E-state index contributed by atoms with van der Waals surface area (Å²) < 4.78 is 6.77. The van der Waals surface area contributed by atoms with Crippen LogP contribution >= 0.6 is 0 Å². The summed E-state index contributed by atoms with van der Waals surface area (Å²) in [5.41, 5.74) is 5.59. The molecule has 2 aromatic heterocycles. The molecule has 0 aromatic carbocycles. The van der Waals surface area contributed by atoms with Gasteiger partial charge in [0.05, 0.1) is 12.4 Å². The topological polar surface area (TPSA) is 35.0 Å². The lowest BCUT2D eigenvalue weighted by molar-refractivity contribution is 0.142. The van der Waals surface area contributed by atoms with Crippen molar-refractivity contribution < 1.29 is 4.74 Å². The Morgan fingerprint density at radius 1 is 0.381 bits per heavy atom. The Morgan fingerprint density at radius 3 is 1.05 bits per heavy atom. The van der Waals surface area contributed by atoms with Crippen molar-refractivity contribution in [3.8, 4) is 11.5 Å². The molecular weight excluding hydrogens is 765 g/mol. The van der Waals surface area contributed by atoms with Gasteiger partial charge < -0.3 is 4.74 Å². The fourth-order valence-electron chi connectivity index (χ4n) is 13.5. The molecule has 3 nitrogen and oxygen atoms in total. The van der Waals surface area contributed by atoms with Gasteiger partial charge in [-0.25, -0.2) is 0 Å². The van der Waals surface area contributed by atoms with Crippen LogP contribution in [0.15, 0.2) is 24.5 Å². The Labute approximate surface area is 390 Å². The number of aromatic nitrogens is 2. The number of aryl methyl sites for hydroxylation is 2. The number of unbranched alkanes of at least 4 members (excludes halogenated alkanes) is 12. The molecule has 0 spiro atoms. The molecule has 0 unspecified atom stereocenters. The smallest absolute Gasteiger partial charge is 0.146 e. The molecule has 63 heavy (non-hydrogen) atoms. The Hall–Kier alpha value is -1.90. The Morgan fingerprint density at radius 2 is 0.698 bits per heavy atom. The summed E-state index contributed by atoms with van der Waals surface area (Å²) in [5.74, 6) is 9.41. The van der Waals surface area contributed by atoms with E-state index in [4.69, 9.17) is 14.7 Å². The van der Waals surface area contributed by atoms with E-state index >= 15 is 0 Å². The molecule has 4 aliphatic carbocycles. The lowest BCUT2D eigenvalue weighted by Crippen LogP contribution is -2.26. The van der Waals surface area contributed by atoms with Gasteiger partial charge in [-0.1, -0.05) is 156 Å². The van der Waals surface area contributed by atoms with Gasteiger partial charge >= 0.3 is 0 Å². The standard InChI is InChI=1S/C60H100N2O/c1-5-9-13-15-19-21-47-25-33-51(34-26-47)53-37-29-49(30-38-53)41-55-43-57(45-61-59(55)23-17-11-7-3)63-58-44-56(60(62-46-58)24-18-12-8-4)42-50-31-39-54(40-32-50)52-35-27-48(28-36-52)22-20-16-14-10-6-2/h43-54H,5-42H2,1-4H3. The van der Waals surface area contributed by atoms with E-state index in [9.17, 15) is 0 Å². The van der Waals surface area contributed by atoms with E-state index in [2.05, 4.69) is 39.8 Å². The van der Waals surface area contributed by atoms with Crippen LogP contribution in [0.4, 0.5) is 0 Å². The average molecular weight is 865 g/mol. The number of nitrogens with zero attached hydrogens (tertiary/aromatic N) is 2.